The van der Waals surface area contributed by atoms with E-state index < -0.39 is 0 Å². The molecule has 1 heterocycles. The van der Waals surface area contributed by atoms with E-state index in [1.165, 1.54) is 0 Å². The zero-order chi connectivity index (χ0) is 8.10. The Labute approximate surface area is 82.4 Å². The molecule has 1 aromatic heterocycles. The minimum absolute atomic E-state index is 0. The molecule has 0 saturated heterocycles. The van der Waals surface area contributed by atoms with Crippen LogP contribution in [0.2, 0.25) is 0 Å². The van der Waals surface area contributed by atoms with Crippen molar-refractivity contribution in [2.45, 2.75) is 6.42 Å². The lowest BCUT2D eigenvalue weighted by molar-refractivity contribution is 0.0989. The van der Waals surface area contributed by atoms with Crippen molar-refractivity contribution in [3.8, 4) is 0 Å². The predicted molar refractivity (Wildman–Crippen MR) is 51.2 cm³/mol. The summed E-state index contributed by atoms with van der Waals surface area (Å²) in [5.41, 5.74) is 0.681. The van der Waals surface area contributed by atoms with Gasteiger partial charge in [-0.05, 0) is 12.1 Å². The second kappa shape index (κ2) is 5.98. The summed E-state index contributed by atoms with van der Waals surface area (Å²) in [4.78, 5) is 14.9. The summed E-state index contributed by atoms with van der Waals surface area (Å²) in [5.74, 6) is 0.448. The van der Waals surface area contributed by atoms with Gasteiger partial charge in [-0.1, -0.05) is 0 Å². The van der Waals surface area contributed by atoms with Gasteiger partial charge in [0.15, 0.2) is 5.78 Å². The summed E-state index contributed by atoms with van der Waals surface area (Å²) in [5, 5.41) is 0. The highest BCUT2D eigenvalue weighted by atomic mass is 35.5. The second-order valence-corrected chi connectivity index (χ2v) is 2.48. The van der Waals surface area contributed by atoms with Crippen molar-refractivity contribution in [3.05, 3.63) is 30.1 Å². The van der Waals surface area contributed by atoms with E-state index in [0.717, 1.165) is 0 Å². The highest BCUT2D eigenvalue weighted by molar-refractivity contribution is 6.19. The number of ketones is 1. The fraction of sp³-hybridized carbons (Fsp3) is 0.250. The number of alkyl halides is 1. The number of Topliss-reactive ketones (excluding diaryl/α,β-unsaturated/α-hetero) is 1. The molecule has 0 aromatic carbocycles. The first-order valence-electron chi connectivity index (χ1n) is 3.34. The molecule has 0 amide bonds. The van der Waals surface area contributed by atoms with Crippen LogP contribution in [0.15, 0.2) is 24.5 Å². The van der Waals surface area contributed by atoms with E-state index in [1.807, 2.05) is 0 Å². The molecule has 0 atom stereocenters. The minimum Gasteiger partial charge on any atom is -0.294 e. The van der Waals surface area contributed by atoms with Crippen LogP contribution in [0.1, 0.15) is 16.8 Å². The lowest BCUT2D eigenvalue weighted by Crippen LogP contribution is -1.98. The highest BCUT2D eigenvalue weighted by Crippen LogP contribution is 2.01. The summed E-state index contributed by atoms with van der Waals surface area (Å²) in [6.07, 6.45) is 3.59. The molecule has 1 aromatic rings. The molecule has 0 aliphatic carbocycles. The number of nitrogens with zero attached hydrogens (tertiary/aromatic N) is 1. The Bertz CT molecular complexity index is 238. The number of hydrogen-bond donors (Lipinski definition) is 0. The van der Waals surface area contributed by atoms with Crippen LogP contribution >= 0.6 is 24.0 Å². The van der Waals surface area contributed by atoms with Crippen LogP contribution in [-0.4, -0.2) is 16.6 Å². The zero-order valence-electron chi connectivity index (χ0n) is 6.37. The minimum atomic E-state index is 0. The monoisotopic (exact) mass is 205 g/mol. The molecule has 0 aliphatic heterocycles. The van der Waals surface area contributed by atoms with Gasteiger partial charge in [-0.15, -0.1) is 24.0 Å². The molecule has 12 heavy (non-hydrogen) atoms. The number of aromatic nitrogens is 1. The Morgan fingerprint density at radius 2 is 2.00 bits per heavy atom. The van der Waals surface area contributed by atoms with Crippen molar-refractivity contribution in [1.29, 1.82) is 0 Å². The lowest BCUT2D eigenvalue weighted by atomic mass is 10.1. The zero-order valence-corrected chi connectivity index (χ0v) is 7.94. The van der Waals surface area contributed by atoms with E-state index in [1.54, 1.807) is 24.5 Å². The molecule has 0 fully saturated rings. The van der Waals surface area contributed by atoms with Gasteiger partial charge in [0.05, 0.1) is 0 Å². The van der Waals surface area contributed by atoms with Gasteiger partial charge < -0.3 is 0 Å². The largest absolute Gasteiger partial charge is 0.294 e. The molecule has 2 nitrogen and oxygen atoms in total. The van der Waals surface area contributed by atoms with Crippen molar-refractivity contribution < 1.29 is 4.79 Å². The van der Waals surface area contributed by atoms with Crippen LogP contribution in [-0.2, 0) is 0 Å². The molecule has 0 N–H and O–H groups in total. The second-order valence-electron chi connectivity index (χ2n) is 2.10. The Balaban J connectivity index is 0.00000121. The molecule has 4 heteroatoms. The van der Waals surface area contributed by atoms with E-state index in [0.29, 0.717) is 17.9 Å². The average molecular weight is 206 g/mol. The summed E-state index contributed by atoms with van der Waals surface area (Å²) in [6.45, 7) is 0. The lowest BCUT2D eigenvalue weighted by Gasteiger charge is -1.95. The number of pyridine rings is 1. The van der Waals surface area contributed by atoms with Crippen molar-refractivity contribution >= 4 is 29.8 Å². The fourth-order valence-electron chi connectivity index (χ4n) is 0.768. The van der Waals surface area contributed by atoms with Crippen molar-refractivity contribution in [1.82, 2.24) is 4.98 Å². The van der Waals surface area contributed by atoms with Crippen molar-refractivity contribution in [2.24, 2.45) is 0 Å². The molecule has 0 aliphatic rings. The Kier molecular flexibility index (Phi) is 5.68. The number of carbonyl (C=O) groups excluding carboxylic acids is 1. The van der Waals surface area contributed by atoms with Gasteiger partial charge in [0.1, 0.15) is 0 Å². The van der Waals surface area contributed by atoms with Crippen LogP contribution in [0, 0.1) is 0 Å². The number of halogens is 2. The number of hydrogen-bond acceptors (Lipinski definition) is 2. The summed E-state index contributed by atoms with van der Waals surface area (Å²) in [6, 6.07) is 3.38. The third kappa shape index (κ3) is 3.20. The molecule has 0 bridgehead atoms. The summed E-state index contributed by atoms with van der Waals surface area (Å²) in [7, 11) is 0. The van der Waals surface area contributed by atoms with Crippen LogP contribution in [0.4, 0.5) is 0 Å². The molecule has 0 saturated carbocycles. The Morgan fingerprint density at radius 1 is 1.42 bits per heavy atom. The topological polar surface area (TPSA) is 30.0 Å². The normalized spacial score (nSPS) is 8.75. The SMILES string of the molecule is Cl.O=C(CCCl)c1ccncc1. The first-order valence-corrected chi connectivity index (χ1v) is 3.87. The van der Waals surface area contributed by atoms with Gasteiger partial charge in [0.2, 0.25) is 0 Å². The van der Waals surface area contributed by atoms with Gasteiger partial charge in [0.25, 0.3) is 0 Å². The third-order valence-electron chi connectivity index (χ3n) is 1.32. The van der Waals surface area contributed by atoms with Crippen LogP contribution in [0.25, 0.3) is 0 Å². The van der Waals surface area contributed by atoms with Gasteiger partial charge in [-0.3, -0.25) is 9.78 Å². The van der Waals surface area contributed by atoms with Gasteiger partial charge in [0, 0.05) is 30.3 Å². The molecule has 0 unspecified atom stereocenters. The standard InChI is InChI=1S/C8H8ClNO.ClH/c9-4-1-8(11)7-2-5-10-6-3-7;/h2-3,5-6H,1,4H2;1H. The molecular weight excluding hydrogens is 197 g/mol. The number of carbonyl (C=O) groups is 1. The molecule has 1 rings (SSSR count). The molecular formula is C8H9Cl2NO. The van der Waals surface area contributed by atoms with E-state index in [-0.39, 0.29) is 18.2 Å². The summed E-state index contributed by atoms with van der Waals surface area (Å²) < 4.78 is 0. The van der Waals surface area contributed by atoms with Crippen LogP contribution < -0.4 is 0 Å². The summed E-state index contributed by atoms with van der Waals surface area (Å²) >= 11 is 5.41. The maximum atomic E-state index is 11.1. The van der Waals surface area contributed by atoms with Crippen molar-refractivity contribution in [2.75, 3.05) is 5.88 Å². The van der Waals surface area contributed by atoms with Gasteiger partial charge in [-0.25, -0.2) is 0 Å². The van der Waals surface area contributed by atoms with E-state index in [9.17, 15) is 4.79 Å². The Morgan fingerprint density at radius 3 is 2.50 bits per heavy atom. The first-order chi connectivity index (χ1) is 5.34. The molecule has 0 radical (unpaired) electrons. The smallest absolute Gasteiger partial charge is 0.164 e. The molecule has 0 spiro atoms. The van der Waals surface area contributed by atoms with E-state index in [2.05, 4.69) is 4.98 Å². The van der Waals surface area contributed by atoms with E-state index >= 15 is 0 Å². The quantitative estimate of drug-likeness (QED) is 0.561. The molecule has 66 valence electrons. The van der Waals surface area contributed by atoms with E-state index in [4.69, 9.17) is 11.6 Å². The van der Waals surface area contributed by atoms with Gasteiger partial charge in [-0.2, -0.15) is 0 Å². The fourth-order valence-corrected chi connectivity index (χ4v) is 0.940. The van der Waals surface area contributed by atoms with Crippen molar-refractivity contribution in [3.63, 3.8) is 0 Å². The third-order valence-corrected chi connectivity index (χ3v) is 1.51. The van der Waals surface area contributed by atoms with Crippen LogP contribution in [0.3, 0.4) is 0 Å². The van der Waals surface area contributed by atoms with Crippen LogP contribution in [0.5, 0.6) is 0 Å². The maximum Gasteiger partial charge on any atom is 0.164 e. The number of rotatable bonds is 3. The Hall–Kier alpha value is -0.600. The highest BCUT2D eigenvalue weighted by Gasteiger charge is 2.02. The van der Waals surface area contributed by atoms with Gasteiger partial charge >= 0.3 is 0 Å². The maximum absolute atomic E-state index is 11.1. The average Bonchev–Trinajstić information content (AvgIpc) is 2.07. The first kappa shape index (κ1) is 11.4. The predicted octanol–water partition coefficient (Wildman–Crippen LogP) is 2.31.